The highest BCUT2D eigenvalue weighted by Crippen LogP contribution is 1.96. The van der Waals surface area contributed by atoms with E-state index < -0.39 is 11.9 Å². The summed E-state index contributed by atoms with van der Waals surface area (Å²) < 4.78 is 0. The van der Waals surface area contributed by atoms with E-state index in [0.29, 0.717) is 12.8 Å². The lowest BCUT2D eigenvalue weighted by molar-refractivity contribution is -0.376. The number of rotatable bonds is 5. The molecule has 0 atom stereocenters. The van der Waals surface area contributed by atoms with Crippen LogP contribution in [0.2, 0.25) is 0 Å². The first-order chi connectivity index (χ1) is 9.63. The molecule has 0 saturated carbocycles. The Morgan fingerprint density at radius 1 is 0.850 bits per heavy atom. The fraction of sp³-hybridized carbons (Fsp3) is 0.333. The Hall–Kier alpha value is -2.64. The Bertz CT molecular complexity index is 352. The molecule has 0 fully saturated rings. The lowest BCUT2D eigenvalue weighted by Gasteiger charge is -2.01. The van der Waals surface area contributed by atoms with E-state index in [2.05, 4.69) is 19.9 Å². The van der Waals surface area contributed by atoms with Crippen molar-refractivity contribution < 1.29 is 29.8 Å². The van der Waals surface area contributed by atoms with Crippen LogP contribution in [-0.4, -0.2) is 21.9 Å². The number of carboxylic acid groups (broad SMARTS) is 2. The van der Waals surface area contributed by atoms with E-state index >= 15 is 0 Å². The first kappa shape index (κ1) is 17.4. The highest BCUT2D eigenvalue weighted by Gasteiger charge is 1.89. The molecule has 0 aliphatic rings. The van der Waals surface area contributed by atoms with Gasteiger partial charge >= 0.3 is 0 Å². The Labute approximate surface area is 115 Å². The molecule has 20 heavy (non-hydrogen) atoms. The minimum atomic E-state index is -1.14. The first-order valence-corrected chi connectivity index (χ1v) is 6.00. The van der Waals surface area contributed by atoms with Crippen molar-refractivity contribution in [2.45, 2.75) is 25.7 Å². The zero-order valence-corrected chi connectivity index (χ0v) is 10.9. The minimum Gasteiger partial charge on any atom is -0.550 e. The maximum absolute atomic E-state index is 9.77. The second-order valence-corrected chi connectivity index (χ2v) is 3.57. The minimum absolute atomic E-state index is 0.0761. The average Bonchev–Trinajstić information content (AvgIpc) is 3.09. The van der Waals surface area contributed by atoms with Gasteiger partial charge in [-0.3, -0.25) is 19.9 Å². The van der Waals surface area contributed by atoms with Gasteiger partial charge < -0.3 is 19.8 Å². The number of unbranched alkanes of at least 4 members (excludes halogenated alkanes) is 1. The number of H-pyrrole nitrogens is 4. The molecule has 4 N–H and O–H groups in total. The molecule has 0 aliphatic carbocycles. The number of aromatic nitrogens is 4. The van der Waals surface area contributed by atoms with Gasteiger partial charge in [0, 0.05) is 11.9 Å². The molecule has 0 amide bonds. The molecule has 0 saturated heterocycles. The summed E-state index contributed by atoms with van der Waals surface area (Å²) in [4.78, 5) is 30.8. The predicted octanol–water partition coefficient (Wildman–Crippen LogP) is -2.30. The van der Waals surface area contributed by atoms with Crippen molar-refractivity contribution >= 4 is 11.9 Å². The predicted molar refractivity (Wildman–Crippen MR) is 63.2 cm³/mol. The monoisotopic (exact) mass is 282 g/mol. The van der Waals surface area contributed by atoms with Gasteiger partial charge in [-0.2, -0.15) is 0 Å². The normalized spacial score (nSPS) is 8.60. The van der Waals surface area contributed by atoms with Crippen molar-refractivity contribution in [3.8, 4) is 0 Å². The van der Waals surface area contributed by atoms with Crippen molar-refractivity contribution in [3.05, 3.63) is 37.4 Å². The summed E-state index contributed by atoms with van der Waals surface area (Å²) in [7, 11) is 0. The van der Waals surface area contributed by atoms with Gasteiger partial charge in [-0.25, -0.2) is 0 Å². The maximum atomic E-state index is 9.77. The van der Waals surface area contributed by atoms with Crippen LogP contribution in [0.1, 0.15) is 25.7 Å². The number of imidazole rings is 2. The largest absolute Gasteiger partial charge is 0.550 e. The molecule has 8 heteroatoms. The number of nitrogens with one attached hydrogen (secondary N) is 4. The highest BCUT2D eigenvalue weighted by molar-refractivity contribution is 5.65. The number of carbonyl (C=O) groups excluding carboxylic acids is 2. The fourth-order valence-corrected chi connectivity index (χ4v) is 1.02. The van der Waals surface area contributed by atoms with E-state index in [9.17, 15) is 19.8 Å². The Morgan fingerprint density at radius 2 is 1.25 bits per heavy atom. The number of aromatic amines is 4. The van der Waals surface area contributed by atoms with E-state index in [0.717, 1.165) is 0 Å². The summed E-state index contributed by atoms with van der Waals surface area (Å²) in [6.45, 7) is 0. The number of hydrogen-bond acceptors (Lipinski definition) is 4. The van der Waals surface area contributed by atoms with Crippen molar-refractivity contribution in [3.63, 3.8) is 0 Å². The quantitative estimate of drug-likeness (QED) is 0.595. The van der Waals surface area contributed by atoms with Crippen LogP contribution in [0.25, 0.3) is 0 Å². The summed E-state index contributed by atoms with van der Waals surface area (Å²) in [5.74, 6) is -2.28. The summed E-state index contributed by atoms with van der Waals surface area (Å²) in [6.07, 6.45) is 11.3. The van der Waals surface area contributed by atoms with E-state index in [1.165, 1.54) is 0 Å². The molecule has 2 aromatic rings. The molecule has 2 heterocycles. The van der Waals surface area contributed by atoms with E-state index in [1.807, 2.05) is 24.8 Å². The molecule has 0 aliphatic heterocycles. The lowest BCUT2D eigenvalue weighted by Crippen LogP contribution is -2.23. The highest BCUT2D eigenvalue weighted by atomic mass is 16.4. The Balaban J connectivity index is 0.000000298. The number of hydrogen-bond donors (Lipinski definition) is 2. The van der Waals surface area contributed by atoms with Crippen molar-refractivity contribution in [2.75, 3.05) is 0 Å². The second-order valence-electron chi connectivity index (χ2n) is 3.57. The summed E-state index contributed by atoms with van der Waals surface area (Å²) in [6, 6.07) is 0. The standard InChI is InChI=1S/C6H10O4.2C3H4N2/c7-5(8)3-1-2-4-6(9)10;2*1-2-5-3-4-1/h1-4H2,(H,7,8)(H,9,10);2*1-3H,(H,4,5). The van der Waals surface area contributed by atoms with Crippen LogP contribution >= 0.6 is 0 Å². The topological polar surface area (TPSA) is 140 Å². The van der Waals surface area contributed by atoms with Crippen molar-refractivity contribution in [1.29, 1.82) is 0 Å². The van der Waals surface area contributed by atoms with E-state index in [-0.39, 0.29) is 12.8 Å². The van der Waals surface area contributed by atoms with E-state index in [4.69, 9.17) is 0 Å². The molecule has 0 spiro atoms. The van der Waals surface area contributed by atoms with Gasteiger partial charge in [0.1, 0.15) is 24.8 Å². The number of carbonyl (C=O) groups is 2. The van der Waals surface area contributed by atoms with Crippen LogP contribution in [0, 0.1) is 0 Å². The van der Waals surface area contributed by atoms with E-state index in [1.54, 1.807) is 12.7 Å². The Kier molecular flexibility index (Phi) is 11.1. The second kappa shape index (κ2) is 12.8. The SMILES string of the molecule is O=C([O-])CCCCC(=O)[O-].c1c[nH+]c[nH]1.c1c[nH+]c[nH]1. The van der Waals surface area contributed by atoms with Gasteiger partial charge in [0.2, 0.25) is 12.7 Å². The molecule has 0 radical (unpaired) electrons. The van der Waals surface area contributed by atoms with Crippen molar-refractivity contribution in [1.82, 2.24) is 9.97 Å². The fourth-order valence-electron chi connectivity index (χ4n) is 1.02. The number of aliphatic carboxylic acids is 2. The van der Waals surface area contributed by atoms with Gasteiger partial charge in [0.05, 0.1) is 0 Å². The van der Waals surface area contributed by atoms with Gasteiger partial charge in [0.15, 0.2) is 0 Å². The zero-order chi connectivity index (χ0) is 15.1. The van der Waals surface area contributed by atoms with Gasteiger partial charge in [-0.05, 0) is 25.7 Å². The van der Waals surface area contributed by atoms with Crippen LogP contribution < -0.4 is 20.2 Å². The molecule has 0 bridgehead atoms. The van der Waals surface area contributed by atoms with Crippen LogP contribution in [0.4, 0.5) is 0 Å². The maximum Gasteiger partial charge on any atom is 0.239 e. The van der Waals surface area contributed by atoms with Crippen molar-refractivity contribution in [2.24, 2.45) is 0 Å². The third kappa shape index (κ3) is 15.4. The first-order valence-electron chi connectivity index (χ1n) is 6.00. The summed E-state index contributed by atoms with van der Waals surface area (Å²) in [5.41, 5.74) is 0. The molecule has 0 unspecified atom stereocenters. The van der Waals surface area contributed by atoms with Crippen LogP contribution in [0.15, 0.2) is 37.4 Å². The third-order valence-corrected chi connectivity index (χ3v) is 1.90. The Morgan fingerprint density at radius 3 is 1.40 bits per heavy atom. The average molecular weight is 282 g/mol. The van der Waals surface area contributed by atoms with Gasteiger partial charge in [-0.15, -0.1) is 0 Å². The smallest absolute Gasteiger partial charge is 0.239 e. The van der Waals surface area contributed by atoms with Crippen LogP contribution in [0.3, 0.4) is 0 Å². The van der Waals surface area contributed by atoms with Crippen LogP contribution in [0.5, 0.6) is 0 Å². The van der Waals surface area contributed by atoms with Gasteiger partial charge in [-0.1, -0.05) is 0 Å². The summed E-state index contributed by atoms with van der Waals surface area (Å²) >= 11 is 0. The zero-order valence-electron chi connectivity index (χ0n) is 10.9. The third-order valence-electron chi connectivity index (χ3n) is 1.90. The molecule has 2 rings (SSSR count). The molecular formula is C12H18N4O4. The summed E-state index contributed by atoms with van der Waals surface area (Å²) in [5, 5.41) is 19.5. The lowest BCUT2D eigenvalue weighted by atomic mass is 10.2. The molecule has 0 aromatic carbocycles. The molecule has 8 nitrogen and oxygen atoms in total. The van der Waals surface area contributed by atoms with Gasteiger partial charge in [0.25, 0.3) is 0 Å². The molecule has 110 valence electrons. The molecule has 2 aromatic heterocycles. The van der Waals surface area contributed by atoms with Crippen LogP contribution in [-0.2, 0) is 9.59 Å². The molecular weight excluding hydrogens is 264 g/mol. The number of carboxylic acids is 2.